The predicted octanol–water partition coefficient (Wildman–Crippen LogP) is 6.68. The SMILES string of the molecule is CCCC(C[C@H](O[Si](C)(C)C(C)(C)C)[C@H](Cc1ccccc1)NC(=O)[C@H](C)NC(=O)OCc1ccccc1)C(=O)N[C@@H](C(=O)NC(C(=O)OC)C(C)C)C(C)C. The van der Waals surface area contributed by atoms with Crippen molar-refractivity contribution in [2.75, 3.05) is 7.11 Å². The van der Waals surface area contributed by atoms with E-state index >= 15 is 0 Å². The number of esters is 1. The van der Waals surface area contributed by atoms with Gasteiger partial charge in [-0.2, -0.15) is 0 Å². The summed E-state index contributed by atoms with van der Waals surface area (Å²) in [5.41, 5.74) is 1.78. The van der Waals surface area contributed by atoms with Crippen molar-refractivity contribution in [1.29, 1.82) is 0 Å². The zero-order valence-electron chi connectivity index (χ0n) is 35.7. The van der Waals surface area contributed by atoms with Gasteiger partial charge in [0.15, 0.2) is 8.32 Å². The molecule has 0 heterocycles. The highest BCUT2D eigenvalue weighted by Gasteiger charge is 2.43. The Morgan fingerprint density at radius 1 is 0.714 bits per heavy atom. The van der Waals surface area contributed by atoms with Gasteiger partial charge in [0.2, 0.25) is 17.7 Å². The molecule has 2 unspecified atom stereocenters. The molecular formula is C43H68N4O8Si. The highest BCUT2D eigenvalue weighted by atomic mass is 28.4. The van der Waals surface area contributed by atoms with Gasteiger partial charge in [-0.3, -0.25) is 14.4 Å². The lowest BCUT2D eigenvalue weighted by Gasteiger charge is -2.42. The van der Waals surface area contributed by atoms with Gasteiger partial charge in [0, 0.05) is 5.92 Å². The maximum atomic E-state index is 14.3. The topological polar surface area (TPSA) is 161 Å². The van der Waals surface area contributed by atoms with Crippen molar-refractivity contribution in [3.05, 3.63) is 71.8 Å². The fourth-order valence-electron chi connectivity index (χ4n) is 5.97. The third kappa shape index (κ3) is 15.4. The van der Waals surface area contributed by atoms with Crippen LogP contribution in [0.1, 0.15) is 92.7 Å². The number of alkyl carbamates (subject to hydrolysis) is 1. The summed E-state index contributed by atoms with van der Waals surface area (Å²) in [6.07, 6.45) is 0.509. The Bertz CT molecular complexity index is 1550. The molecule has 2 aromatic rings. The molecule has 0 aliphatic rings. The van der Waals surface area contributed by atoms with E-state index in [1.807, 2.05) is 95.3 Å². The molecule has 2 aromatic carbocycles. The molecule has 0 bridgehead atoms. The minimum Gasteiger partial charge on any atom is -0.467 e. The van der Waals surface area contributed by atoms with Gasteiger partial charge in [0.05, 0.1) is 19.3 Å². The second kappa shape index (κ2) is 22.5. The highest BCUT2D eigenvalue weighted by Crippen LogP contribution is 2.39. The number of ether oxygens (including phenoxy) is 2. The van der Waals surface area contributed by atoms with Crippen LogP contribution in [0.3, 0.4) is 0 Å². The lowest BCUT2D eigenvalue weighted by Crippen LogP contribution is -2.57. The number of hydrogen-bond donors (Lipinski definition) is 4. The van der Waals surface area contributed by atoms with Gasteiger partial charge in [0.25, 0.3) is 0 Å². The third-order valence-electron chi connectivity index (χ3n) is 10.5. The fourth-order valence-corrected chi connectivity index (χ4v) is 7.34. The van der Waals surface area contributed by atoms with E-state index in [9.17, 15) is 24.0 Å². The average molecular weight is 797 g/mol. The molecule has 0 radical (unpaired) electrons. The molecule has 13 heteroatoms. The Labute approximate surface area is 336 Å². The molecule has 0 aliphatic heterocycles. The largest absolute Gasteiger partial charge is 0.467 e. The van der Waals surface area contributed by atoms with Crippen LogP contribution < -0.4 is 21.3 Å². The van der Waals surface area contributed by atoms with Crippen LogP contribution in [-0.2, 0) is 46.1 Å². The Kier molecular flexibility index (Phi) is 19.2. The number of hydrogen-bond acceptors (Lipinski definition) is 8. The van der Waals surface area contributed by atoms with Gasteiger partial charge in [-0.05, 0) is 67.3 Å². The molecule has 4 amide bonds. The summed E-state index contributed by atoms with van der Waals surface area (Å²) < 4.78 is 17.4. The quantitative estimate of drug-likeness (QED) is 0.0804. The van der Waals surface area contributed by atoms with E-state index in [4.69, 9.17) is 13.9 Å². The minimum absolute atomic E-state index is 0.0594. The van der Waals surface area contributed by atoms with Gasteiger partial charge in [-0.25, -0.2) is 9.59 Å². The van der Waals surface area contributed by atoms with Gasteiger partial charge in [-0.15, -0.1) is 0 Å². The molecule has 312 valence electrons. The Balaban J connectivity index is 2.46. The molecule has 0 fully saturated rings. The molecule has 0 saturated heterocycles. The van der Waals surface area contributed by atoms with Crippen molar-refractivity contribution in [3.8, 4) is 0 Å². The summed E-state index contributed by atoms with van der Waals surface area (Å²) in [7, 11) is -1.24. The number of methoxy groups -OCH3 is 1. The standard InChI is InChI=1S/C43H68N4O8Si/c1-13-20-33(39(49)46-36(28(2)3)40(50)47-37(29(4)5)41(51)53-10)26-35(55-56(11,12)43(7,8)9)34(25-31-21-16-14-17-22-31)45-38(48)30(6)44-42(52)54-27-32-23-18-15-19-24-32/h14-19,21-24,28-30,33-37H,13,20,25-27H2,1-12H3,(H,44,52)(H,45,48)(H,46,49)(H,47,50)/t30-,33?,34-,35-,36+,37?/m0/s1. The summed E-state index contributed by atoms with van der Waals surface area (Å²) >= 11 is 0. The van der Waals surface area contributed by atoms with Gasteiger partial charge >= 0.3 is 12.1 Å². The number of rotatable bonds is 21. The first-order valence-electron chi connectivity index (χ1n) is 19.9. The van der Waals surface area contributed by atoms with E-state index in [0.29, 0.717) is 19.3 Å². The van der Waals surface area contributed by atoms with Crippen molar-refractivity contribution in [3.63, 3.8) is 0 Å². The molecular weight excluding hydrogens is 729 g/mol. The molecule has 0 saturated carbocycles. The zero-order chi connectivity index (χ0) is 42.2. The maximum Gasteiger partial charge on any atom is 0.408 e. The normalized spacial score (nSPS) is 15.1. The number of nitrogens with one attached hydrogen (secondary N) is 4. The minimum atomic E-state index is -2.51. The first kappa shape index (κ1) is 47.9. The lowest BCUT2D eigenvalue weighted by molar-refractivity contribution is -0.147. The van der Waals surface area contributed by atoms with Crippen LogP contribution in [0.2, 0.25) is 18.1 Å². The molecule has 4 N–H and O–H groups in total. The third-order valence-corrected chi connectivity index (χ3v) is 15.0. The van der Waals surface area contributed by atoms with Crippen LogP contribution in [0.5, 0.6) is 0 Å². The molecule has 0 spiro atoms. The van der Waals surface area contributed by atoms with Crippen LogP contribution in [-0.4, -0.2) is 75.5 Å². The van der Waals surface area contributed by atoms with Crippen molar-refractivity contribution < 1.29 is 37.9 Å². The Morgan fingerprint density at radius 3 is 1.75 bits per heavy atom. The highest BCUT2D eigenvalue weighted by molar-refractivity contribution is 6.74. The Morgan fingerprint density at radius 2 is 1.25 bits per heavy atom. The predicted molar refractivity (Wildman–Crippen MR) is 222 cm³/mol. The first-order valence-corrected chi connectivity index (χ1v) is 22.8. The van der Waals surface area contributed by atoms with E-state index in [0.717, 1.165) is 11.1 Å². The number of benzene rings is 2. The smallest absolute Gasteiger partial charge is 0.408 e. The van der Waals surface area contributed by atoms with Crippen molar-refractivity contribution in [2.45, 2.75) is 143 Å². The monoisotopic (exact) mass is 796 g/mol. The van der Waals surface area contributed by atoms with E-state index < -0.39 is 68.4 Å². The number of carbonyl (C=O) groups is 5. The van der Waals surface area contributed by atoms with Gasteiger partial charge in [0.1, 0.15) is 24.7 Å². The summed E-state index contributed by atoms with van der Waals surface area (Å²) in [5, 5.41) is 11.4. The van der Waals surface area contributed by atoms with Gasteiger partial charge in [-0.1, -0.05) is 122 Å². The Hall–Kier alpha value is -4.23. The molecule has 12 nitrogen and oxygen atoms in total. The molecule has 0 aliphatic carbocycles. The summed E-state index contributed by atoms with van der Waals surface area (Å²) in [6, 6.07) is 15.7. The lowest BCUT2D eigenvalue weighted by atomic mass is 9.89. The second-order valence-electron chi connectivity index (χ2n) is 16.9. The average Bonchev–Trinajstić information content (AvgIpc) is 3.13. The van der Waals surface area contributed by atoms with Crippen LogP contribution in [0.25, 0.3) is 0 Å². The van der Waals surface area contributed by atoms with Crippen molar-refractivity contribution in [1.82, 2.24) is 21.3 Å². The van der Waals surface area contributed by atoms with E-state index in [2.05, 4.69) is 55.1 Å². The maximum absolute atomic E-state index is 14.3. The van der Waals surface area contributed by atoms with E-state index in [1.54, 1.807) is 6.92 Å². The molecule has 0 aromatic heterocycles. The summed E-state index contributed by atoms with van der Waals surface area (Å²) in [5.74, 6) is -2.87. The van der Waals surface area contributed by atoms with Gasteiger partial charge < -0.3 is 35.2 Å². The van der Waals surface area contributed by atoms with Crippen LogP contribution >= 0.6 is 0 Å². The number of carbonyl (C=O) groups excluding carboxylic acids is 5. The first-order chi connectivity index (χ1) is 26.2. The van der Waals surface area contributed by atoms with E-state index in [-0.39, 0.29) is 35.8 Å². The number of amides is 4. The summed E-state index contributed by atoms with van der Waals surface area (Å²) in [4.78, 5) is 67.0. The molecule has 56 heavy (non-hydrogen) atoms. The fraction of sp³-hybridized carbons (Fsp3) is 0.605. The zero-order valence-corrected chi connectivity index (χ0v) is 36.7. The van der Waals surface area contributed by atoms with Crippen LogP contribution in [0.4, 0.5) is 4.79 Å². The van der Waals surface area contributed by atoms with E-state index in [1.165, 1.54) is 7.11 Å². The second-order valence-corrected chi connectivity index (χ2v) is 21.6. The van der Waals surface area contributed by atoms with Crippen molar-refractivity contribution >= 4 is 38.1 Å². The molecule has 6 atom stereocenters. The van der Waals surface area contributed by atoms with Crippen molar-refractivity contribution in [2.24, 2.45) is 17.8 Å². The summed E-state index contributed by atoms with van der Waals surface area (Å²) in [6.45, 7) is 21.6. The van der Waals surface area contributed by atoms with Crippen LogP contribution in [0.15, 0.2) is 60.7 Å². The van der Waals surface area contributed by atoms with Crippen LogP contribution in [0, 0.1) is 17.8 Å². The molecule has 2 rings (SSSR count).